The molecule has 0 radical (unpaired) electrons. The Morgan fingerprint density at radius 1 is 0.288 bits per heavy atom. The Labute approximate surface area is 349 Å². The van der Waals surface area contributed by atoms with Gasteiger partial charge in [0.1, 0.15) is 0 Å². The van der Waals surface area contributed by atoms with Crippen molar-refractivity contribution in [1.82, 2.24) is 0 Å². The first-order valence-corrected chi connectivity index (χ1v) is 20.9. The van der Waals surface area contributed by atoms with Crippen LogP contribution >= 0.6 is 0 Å². The molecule has 0 amide bonds. The summed E-state index contributed by atoms with van der Waals surface area (Å²) >= 11 is 0. The van der Waals surface area contributed by atoms with E-state index in [4.69, 9.17) is 0 Å². The Hall–Kier alpha value is -6.70. The number of para-hydroxylation sites is 2. The molecule has 1 heteroatoms. The molecule has 286 valence electrons. The molecule has 9 aromatic rings. The summed E-state index contributed by atoms with van der Waals surface area (Å²) in [5.74, 6) is 0. The summed E-state index contributed by atoms with van der Waals surface area (Å²) in [7, 11) is 0. The topological polar surface area (TPSA) is 3.24 Å². The van der Waals surface area contributed by atoms with Crippen LogP contribution in [-0.4, -0.2) is 0 Å². The third-order valence-corrected chi connectivity index (χ3v) is 12.3. The summed E-state index contributed by atoms with van der Waals surface area (Å²) < 4.78 is 0. The van der Waals surface area contributed by atoms with Crippen LogP contribution in [0.2, 0.25) is 0 Å². The second-order valence-electron chi connectivity index (χ2n) is 18.3. The van der Waals surface area contributed by atoms with Gasteiger partial charge < -0.3 is 4.90 Å². The number of benzene rings is 9. The van der Waals surface area contributed by atoms with Gasteiger partial charge in [-0.05, 0) is 160 Å². The predicted molar refractivity (Wildman–Crippen MR) is 254 cm³/mol. The summed E-state index contributed by atoms with van der Waals surface area (Å²) in [6.07, 6.45) is 0. The maximum atomic E-state index is 2.43. The summed E-state index contributed by atoms with van der Waals surface area (Å²) in [4.78, 5) is 2.40. The molecule has 1 aliphatic rings. The maximum Gasteiger partial charge on any atom is 0.0540 e. The predicted octanol–water partition coefficient (Wildman–Crippen LogP) is 16.7. The van der Waals surface area contributed by atoms with E-state index in [2.05, 4.69) is 234 Å². The van der Waals surface area contributed by atoms with Crippen molar-refractivity contribution < 1.29 is 0 Å². The van der Waals surface area contributed by atoms with E-state index in [1.807, 2.05) is 0 Å². The monoisotopic (exact) mass is 759 g/mol. The smallest absolute Gasteiger partial charge is 0.0540 e. The third kappa shape index (κ3) is 6.61. The van der Waals surface area contributed by atoms with Gasteiger partial charge in [-0.3, -0.25) is 0 Å². The number of anilines is 3. The molecule has 0 aromatic heterocycles. The third-order valence-electron chi connectivity index (χ3n) is 12.3. The standard InChI is InChI=1S/C58H49N/c1-57(2,3)45-26-21-39(22-27-45)50-33-43-36-54-52-32-41-25-30-48(59(47-17-11-8-12-18-47)56-20-14-13-19-49(56)38-15-9-7-10-16-38)31-42(41)35-53(52)55(54)37-44(43)34-51(50)40-23-28-46(29-24-40)58(4,5)6/h7-37H,1-6H3. The van der Waals surface area contributed by atoms with Crippen molar-refractivity contribution in [1.29, 1.82) is 0 Å². The molecule has 0 aliphatic heterocycles. The molecule has 0 N–H and O–H groups in total. The van der Waals surface area contributed by atoms with E-state index in [0.29, 0.717) is 0 Å². The molecule has 10 rings (SSSR count). The van der Waals surface area contributed by atoms with Gasteiger partial charge in [0.05, 0.1) is 5.69 Å². The average molecular weight is 760 g/mol. The highest BCUT2D eigenvalue weighted by atomic mass is 15.1. The Morgan fingerprint density at radius 3 is 1.20 bits per heavy atom. The molecular formula is C58H49N. The molecule has 0 fully saturated rings. The minimum atomic E-state index is 0.0979. The van der Waals surface area contributed by atoms with Crippen LogP contribution in [0.15, 0.2) is 188 Å². The van der Waals surface area contributed by atoms with Gasteiger partial charge in [0.25, 0.3) is 0 Å². The maximum absolute atomic E-state index is 2.43. The highest BCUT2D eigenvalue weighted by Gasteiger charge is 2.26. The number of fused-ring (bicyclic) bond motifs is 6. The summed E-state index contributed by atoms with van der Waals surface area (Å²) in [6, 6.07) is 70.0. The molecule has 1 aliphatic carbocycles. The van der Waals surface area contributed by atoms with Crippen molar-refractivity contribution in [3.63, 3.8) is 0 Å². The van der Waals surface area contributed by atoms with Crippen molar-refractivity contribution in [2.75, 3.05) is 4.90 Å². The second kappa shape index (κ2) is 14.0. The van der Waals surface area contributed by atoms with Crippen LogP contribution in [0.5, 0.6) is 0 Å². The Bertz CT molecular complexity index is 3010. The number of rotatable bonds is 6. The molecule has 0 saturated heterocycles. The van der Waals surface area contributed by atoms with Crippen molar-refractivity contribution in [3.05, 3.63) is 199 Å². The van der Waals surface area contributed by atoms with Crippen LogP contribution in [0.3, 0.4) is 0 Å². The lowest BCUT2D eigenvalue weighted by Gasteiger charge is -2.29. The number of nitrogens with zero attached hydrogens (tertiary/aromatic N) is 1. The molecule has 59 heavy (non-hydrogen) atoms. The fraction of sp³-hybridized carbons (Fsp3) is 0.138. The van der Waals surface area contributed by atoms with E-state index >= 15 is 0 Å². The van der Waals surface area contributed by atoms with Crippen LogP contribution in [0.4, 0.5) is 17.1 Å². The molecule has 0 saturated carbocycles. The lowest BCUT2D eigenvalue weighted by Crippen LogP contribution is -2.11. The Balaban J connectivity index is 1.08. The molecule has 0 unspecified atom stereocenters. The van der Waals surface area contributed by atoms with Crippen molar-refractivity contribution >= 4 is 38.6 Å². The number of hydrogen-bond donors (Lipinski definition) is 0. The fourth-order valence-corrected chi connectivity index (χ4v) is 8.91. The lowest BCUT2D eigenvalue weighted by atomic mass is 9.77. The Kier molecular flexibility index (Phi) is 8.69. The van der Waals surface area contributed by atoms with E-state index in [0.717, 1.165) is 17.1 Å². The molecule has 0 atom stereocenters. The van der Waals surface area contributed by atoms with E-state index in [-0.39, 0.29) is 10.8 Å². The van der Waals surface area contributed by atoms with Gasteiger partial charge in [-0.1, -0.05) is 163 Å². The summed E-state index contributed by atoms with van der Waals surface area (Å²) in [6.45, 7) is 13.7. The molecule has 0 bridgehead atoms. The quantitative estimate of drug-likeness (QED) is 0.163. The molecular weight excluding hydrogens is 711 g/mol. The van der Waals surface area contributed by atoms with Crippen molar-refractivity contribution in [3.8, 4) is 55.6 Å². The largest absolute Gasteiger partial charge is 0.310 e. The molecule has 0 spiro atoms. The summed E-state index contributed by atoms with van der Waals surface area (Å²) in [5, 5.41) is 5.02. The lowest BCUT2D eigenvalue weighted by molar-refractivity contribution is 0.590. The van der Waals surface area contributed by atoms with Gasteiger partial charge in [0, 0.05) is 16.9 Å². The van der Waals surface area contributed by atoms with E-state index in [9.17, 15) is 0 Å². The highest BCUT2D eigenvalue weighted by Crippen LogP contribution is 2.52. The molecule has 1 nitrogen and oxygen atoms in total. The SMILES string of the molecule is CC(C)(C)c1ccc(-c2cc3cc4c(cc3cc2-c2ccc(C(C)(C)C)cc2)-c2cc3cc(N(c5ccccc5)c5ccccc5-c5ccccc5)ccc3cc2-4)cc1. The first-order chi connectivity index (χ1) is 28.5. The van der Waals surface area contributed by atoms with Crippen LogP contribution in [0.25, 0.3) is 77.2 Å². The second-order valence-corrected chi connectivity index (χ2v) is 18.3. The normalized spacial score (nSPS) is 12.2. The van der Waals surface area contributed by atoms with E-state index in [1.54, 1.807) is 0 Å². The highest BCUT2D eigenvalue weighted by molar-refractivity contribution is 6.13. The Morgan fingerprint density at radius 2 is 0.695 bits per heavy atom. The van der Waals surface area contributed by atoms with Crippen LogP contribution in [-0.2, 0) is 10.8 Å². The van der Waals surface area contributed by atoms with Crippen molar-refractivity contribution in [2.24, 2.45) is 0 Å². The zero-order chi connectivity index (χ0) is 40.5. The van der Waals surface area contributed by atoms with Gasteiger partial charge in [0.2, 0.25) is 0 Å². The number of hydrogen-bond acceptors (Lipinski definition) is 1. The van der Waals surface area contributed by atoms with Gasteiger partial charge >= 0.3 is 0 Å². The first-order valence-electron chi connectivity index (χ1n) is 20.9. The first kappa shape index (κ1) is 36.6. The van der Waals surface area contributed by atoms with E-state index < -0.39 is 0 Å². The average Bonchev–Trinajstić information content (AvgIpc) is 3.25. The molecule has 9 aromatic carbocycles. The van der Waals surface area contributed by atoms with Crippen LogP contribution < -0.4 is 4.90 Å². The van der Waals surface area contributed by atoms with Crippen LogP contribution in [0.1, 0.15) is 52.7 Å². The van der Waals surface area contributed by atoms with Crippen LogP contribution in [0, 0.1) is 0 Å². The minimum Gasteiger partial charge on any atom is -0.310 e. The fourth-order valence-electron chi connectivity index (χ4n) is 8.91. The zero-order valence-corrected chi connectivity index (χ0v) is 34.8. The van der Waals surface area contributed by atoms with Crippen molar-refractivity contribution in [2.45, 2.75) is 52.4 Å². The van der Waals surface area contributed by atoms with E-state index in [1.165, 1.54) is 88.3 Å². The van der Waals surface area contributed by atoms with Gasteiger partial charge in [-0.25, -0.2) is 0 Å². The van der Waals surface area contributed by atoms with Gasteiger partial charge in [0.15, 0.2) is 0 Å². The van der Waals surface area contributed by atoms with Gasteiger partial charge in [-0.2, -0.15) is 0 Å². The summed E-state index contributed by atoms with van der Waals surface area (Å²) in [5.41, 5.74) is 19.0. The minimum absolute atomic E-state index is 0.0979. The zero-order valence-electron chi connectivity index (χ0n) is 34.8. The van der Waals surface area contributed by atoms with Gasteiger partial charge in [-0.15, -0.1) is 0 Å². The molecule has 0 heterocycles.